The Bertz CT molecular complexity index is 1610. The van der Waals surface area contributed by atoms with Crippen LogP contribution in [0.3, 0.4) is 0 Å². The number of halogens is 1. The van der Waals surface area contributed by atoms with Crippen LogP contribution in [0.15, 0.2) is 34.9 Å². The molecule has 1 N–H and O–H groups in total. The summed E-state index contributed by atoms with van der Waals surface area (Å²) >= 11 is 0. The molecule has 11 heteroatoms. The molecule has 1 unspecified atom stereocenters. The van der Waals surface area contributed by atoms with Crippen molar-refractivity contribution in [3.8, 4) is 11.1 Å². The fourth-order valence-corrected chi connectivity index (χ4v) is 6.16. The summed E-state index contributed by atoms with van der Waals surface area (Å²) in [5, 5.41) is 6.24. The predicted octanol–water partition coefficient (Wildman–Crippen LogP) is 3.38. The topological polar surface area (TPSA) is 116 Å². The Hall–Kier alpha value is -4.54. The SMILES string of the molecule is Cc1ccc(-c2c(C)noc2C)cc1N(C)CC1CN(c2cc3c(cc2F)C(=O)N(C2CCC(=O)NC2=O)C3=O)C1. The number of fused-ring (bicyclic) bond motifs is 1. The van der Waals surface area contributed by atoms with Crippen LogP contribution in [0.4, 0.5) is 15.8 Å². The molecule has 2 saturated heterocycles. The van der Waals surface area contributed by atoms with Gasteiger partial charge in [-0.05, 0) is 56.5 Å². The number of hydrogen-bond acceptors (Lipinski definition) is 8. The lowest BCUT2D eigenvalue weighted by Crippen LogP contribution is -2.54. The van der Waals surface area contributed by atoms with Gasteiger partial charge >= 0.3 is 0 Å². The van der Waals surface area contributed by atoms with E-state index < -0.39 is 35.5 Å². The molecule has 6 rings (SSSR count). The molecule has 0 bridgehead atoms. The number of carbonyl (C=O) groups is 4. The first-order valence-electron chi connectivity index (χ1n) is 13.6. The molecule has 212 valence electrons. The molecule has 2 aromatic carbocycles. The molecule has 0 radical (unpaired) electrons. The summed E-state index contributed by atoms with van der Waals surface area (Å²) in [5.41, 5.74) is 5.35. The van der Waals surface area contributed by atoms with Gasteiger partial charge in [-0.25, -0.2) is 4.39 Å². The number of piperidine rings is 1. The van der Waals surface area contributed by atoms with Crippen LogP contribution in [0.5, 0.6) is 0 Å². The van der Waals surface area contributed by atoms with E-state index in [1.54, 1.807) is 0 Å². The first kappa shape index (κ1) is 26.7. The third kappa shape index (κ3) is 4.45. The van der Waals surface area contributed by atoms with E-state index in [4.69, 9.17) is 4.52 Å². The van der Waals surface area contributed by atoms with Gasteiger partial charge in [0, 0.05) is 50.3 Å². The van der Waals surface area contributed by atoms with Crippen molar-refractivity contribution in [2.24, 2.45) is 5.92 Å². The third-order valence-corrected chi connectivity index (χ3v) is 8.28. The monoisotopic (exact) mass is 559 g/mol. The van der Waals surface area contributed by atoms with Gasteiger partial charge < -0.3 is 14.3 Å². The van der Waals surface area contributed by atoms with Crippen molar-refractivity contribution in [2.45, 2.75) is 39.7 Å². The molecule has 3 aromatic rings. The standard InChI is InChI=1S/C30H30FN5O5/c1-15-5-6-19(27-16(2)33-41-17(27)3)9-24(15)34(4)12-18-13-35(14-18)25-11-21-20(10-22(25)31)29(39)36(30(21)40)23-7-8-26(37)32-28(23)38/h5-6,9-11,18,23H,7-8,12-14H2,1-4H3,(H,32,37,38). The Morgan fingerprint density at radius 1 is 1.05 bits per heavy atom. The van der Waals surface area contributed by atoms with E-state index >= 15 is 4.39 Å². The Balaban J connectivity index is 1.15. The molecule has 41 heavy (non-hydrogen) atoms. The molecule has 4 amide bonds. The number of nitrogens with one attached hydrogen (secondary N) is 1. The highest BCUT2D eigenvalue weighted by Crippen LogP contribution is 2.36. The molecule has 0 spiro atoms. The predicted molar refractivity (Wildman–Crippen MR) is 148 cm³/mol. The molecule has 10 nitrogen and oxygen atoms in total. The maximum atomic E-state index is 15.2. The van der Waals surface area contributed by atoms with E-state index in [9.17, 15) is 19.2 Å². The van der Waals surface area contributed by atoms with Crippen LogP contribution in [0, 0.1) is 32.5 Å². The lowest BCUT2D eigenvalue weighted by atomic mass is 9.96. The number of nitrogens with zero attached hydrogens (tertiary/aromatic N) is 4. The number of aromatic nitrogens is 1. The molecule has 3 aliphatic heterocycles. The zero-order valence-corrected chi connectivity index (χ0v) is 23.3. The molecule has 1 aromatic heterocycles. The Morgan fingerprint density at radius 3 is 2.41 bits per heavy atom. The molecule has 1 atom stereocenters. The summed E-state index contributed by atoms with van der Waals surface area (Å²) in [6.45, 7) is 7.80. The lowest BCUT2D eigenvalue weighted by Gasteiger charge is -2.43. The summed E-state index contributed by atoms with van der Waals surface area (Å²) in [6, 6.07) is 7.68. The number of rotatable bonds is 6. The van der Waals surface area contributed by atoms with Crippen molar-refractivity contribution in [2.75, 3.05) is 36.5 Å². The Kier molecular flexibility index (Phi) is 6.39. The summed E-state index contributed by atoms with van der Waals surface area (Å²) in [7, 11) is 2.03. The fourth-order valence-electron chi connectivity index (χ4n) is 6.16. The summed E-state index contributed by atoms with van der Waals surface area (Å²) in [6.07, 6.45) is 0.0734. The van der Waals surface area contributed by atoms with Crippen molar-refractivity contribution in [1.82, 2.24) is 15.4 Å². The van der Waals surface area contributed by atoms with Gasteiger partial charge in [0.2, 0.25) is 11.8 Å². The van der Waals surface area contributed by atoms with Crippen molar-refractivity contribution < 1.29 is 28.1 Å². The van der Waals surface area contributed by atoms with Crippen molar-refractivity contribution in [3.63, 3.8) is 0 Å². The smallest absolute Gasteiger partial charge is 0.262 e. The van der Waals surface area contributed by atoms with Crippen molar-refractivity contribution in [3.05, 3.63) is 64.3 Å². The fraction of sp³-hybridized carbons (Fsp3) is 0.367. The van der Waals surface area contributed by atoms with Gasteiger partial charge in [0.05, 0.1) is 22.5 Å². The summed E-state index contributed by atoms with van der Waals surface area (Å²) < 4.78 is 20.5. The number of anilines is 2. The first-order chi connectivity index (χ1) is 19.5. The van der Waals surface area contributed by atoms with Crippen LogP contribution < -0.4 is 15.1 Å². The van der Waals surface area contributed by atoms with Crippen molar-refractivity contribution >= 4 is 35.0 Å². The first-order valence-corrected chi connectivity index (χ1v) is 13.6. The molecule has 0 aliphatic carbocycles. The highest BCUT2D eigenvalue weighted by atomic mass is 19.1. The number of hydrogen-bond donors (Lipinski definition) is 1. The van der Waals surface area contributed by atoms with Crippen LogP contribution in [-0.2, 0) is 9.59 Å². The van der Waals surface area contributed by atoms with E-state index in [0.29, 0.717) is 13.1 Å². The Morgan fingerprint density at radius 2 is 1.76 bits per heavy atom. The average Bonchev–Trinajstić information content (AvgIpc) is 3.36. The van der Waals surface area contributed by atoms with E-state index in [2.05, 4.69) is 40.5 Å². The van der Waals surface area contributed by atoms with E-state index in [1.165, 1.54) is 6.07 Å². The third-order valence-electron chi connectivity index (χ3n) is 8.28. The second-order valence-corrected chi connectivity index (χ2v) is 11.1. The van der Waals surface area contributed by atoms with E-state index in [0.717, 1.165) is 51.3 Å². The van der Waals surface area contributed by atoms with Crippen LogP contribution in [0.2, 0.25) is 0 Å². The van der Waals surface area contributed by atoms with Gasteiger partial charge in [0.25, 0.3) is 11.8 Å². The van der Waals surface area contributed by atoms with Crippen LogP contribution >= 0.6 is 0 Å². The normalized spacial score (nSPS) is 19.0. The number of imide groups is 2. The Labute approximate surface area is 236 Å². The van der Waals surface area contributed by atoms with E-state index in [-0.39, 0.29) is 35.6 Å². The van der Waals surface area contributed by atoms with Gasteiger partial charge in [-0.2, -0.15) is 0 Å². The largest absolute Gasteiger partial charge is 0.374 e. The number of benzene rings is 2. The highest BCUT2D eigenvalue weighted by molar-refractivity contribution is 6.23. The van der Waals surface area contributed by atoms with E-state index in [1.807, 2.05) is 25.8 Å². The second kappa shape index (κ2) is 9.83. The molecular formula is C30H30FN5O5. The summed E-state index contributed by atoms with van der Waals surface area (Å²) in [4.78, 5) is 54.9. The molecule has 2 fully saturated rings. The maximum Gasteiger partial charge on any atom is 0.262 e. The maximum absolute atomic E-state index is 15.2. The minimum absolute atomic E-state index is 0.0245. The van der Waals surface area contributed by atoms with Gasteiger partial charge in [0.15, 0.2) is 0 Å². The number of aryl methyl sites for hydroxylation is 3. The minimum Gasteiger partial charge on any atom is -0.374 e. The van der Waals surface area contributed by atoms with Gasteiger partial charge in [-0.1, -0.05) is 17.3 Å². The van der Waals surface area contributed by atoms with Crippen LogP contribution in [0.25, 0.3) is 11.1 Å². The number of amides is 4. The van der Waals surface area contributed by atoms with Crippen molar-refractivity contribution in [1.29, 1.82) is 0 Å². The second-order valence-electron chi connectivity index (χ2n) is 11.1. The average molecular weight is 560 g/mol. The molecule has 3 aliphatic rings. The van der Waals surface area contributed by atoms with Gasteiger partial charge in [-0.3, -0.25) is 29.4 Å². The number of carbonyl (C=O) groups excluding carboxylic acids is 4. The van der Waals surface area contributed by atoms with Crippen LogP contribution in [-0.4, -0.2) is 66.4 Å². The molecule has 0 saturated carbocycles. The summed E-state index contributed by atoms with van der Waals surface area (Å²) in [5.74, 6) is -2.08. The highest BCUT2D eigenvalue weighted by Gasteiger charge is 2.45. The lowest BCUT2D eigenvalue weighted by molar-refractivity contribution is -0.136. The van der Waals surface area contributed by atoms with Gasteiger partial charge in [0.1, 0.15) is 17.6 Å². The quantitative estimate of drug-likeness (QED) is 0.457. The molecular weight excluding hydrogens is 529 g/mol. The zero-order chi connectivity index (χ0) is 29.2. The molecule has 4 heterocycles. The minimum atomic E-state index is -1.09. The van der Waals surface area contributed by atoms with Crippen LogP contribution in [0.1, 0.15) is 50.6 Å². The zero-order valence-electron chi connectivity index (χ0n) is 23.3. The van der Waals surface area contributed by atoms with Gasteiger partial charge in [-0.15, -0.1) is 0 Å².